The largest absolute Gasteiger partial charge is 0.377 e. The predicted molar refractivity (Wildman–Crippen MR) is 84.2 cm³/mol. The molecule has 5 heteroatoms. The first-order valence-electron chi connectivity index (χ1n) is 7.39. The van der Waals surface area contributed by atoms with Crippen LogP contribution in [0.5, 0.6) is 0 Å². The molecule has 0 amide bonds. The van der Waals surface area contributed by atoms with Gasteiger partial charge in [0.2, 0.25) is 0 Å². The zero-order valence-corrected chi connectivity index (χ0v) is 14.1. The molecule has 1 fully saturated rings. The molecule has 0 aromatic carbocycles. The summed E-state index contributed by atoms with van der Waals surface area (Å²) < 4.78 is 7.72. The van der Waals surface area contributed by atoms with Crippen molar-refractivity contribution in [1.29, 1.82) is 0 Å². The average molecular weight is 297 g/mol. The number of hydrogen-bond donors (Lipinski definition) is 1. The molecular weight excluding hydrogens is 270 g/mol. The maximum absolute atomic E-state index is 5.71. The van der Waals surface area contributed by atoms with Crippen molar-refractivity contribution in [2.45, 2.75) is 63.8 Å². The topological polar surface area (TPSA) is 39.1 Å². The number of nitrogens with zero attached hydrogens (tertiary/aromatic N) is 2. The minimum atomic E-state index is 0.124. The normalized spacial score (nSPS) is 19.8. The standard InChI is InChI=1S/C15H27N3OS/c1-11-13(9-16-15(2,3)4)14(18(5)17-11)20-10-12-7-6-8-19-12/h12,16H,6-10H2,1-5H3. The van der Waals surface area contributed by atoms with Gasteiger partial charge in [0.25, 0.3) is 0 Å². The van der Waals surface area contributed by atoms with E-state index < -0.39 is 0 Å². The van der Waals surface area contributed by atoms with Crippen LogP contribution in [-0.4, -0.2) is 33.8 Å². The molecule has 0 aliphatic carbocycles. The van der Waals surface area contributed by atoms with Crippen LogP contribution in [0.2, 0.25) is 0 Å². The lowest BCUT2D eigenvalue weighted by molar-refractivity contribution is 0.129. The van der Waals surface area contributed by atoms with Crippen molar-refractivity contribution in [2.24, 2.45) is 7.05 Å². The van der Waals surface area contributed by atoms with E-state index in [1.165, 1.54) is 23.4 Å². The number of hydrogen-bond acceptors (Lipinski definition) is 4. The monoisotopic (exact) mass is 297 g/mol. The number of aryl methyl sites for hydroxylation is 2. The Hall–Kier alpha value is -0.520. The summed E-state index contributed by atoms with van der Waals surface area (Å²) in [6, 6.07) is 0. The van der Waals surface area contributed by atoms with E-state index in [0.29, 0.717) is 6.10 Å². The van der Waals surface area contributed by atoms with Gasteiger partial charge in [-0.15, -0.1) is 11.8 Å². The van der Waals surface area contributed by atoms with Crippen LogP contribution in [0.3, 0.4) is 0 Å². The third kappa shape index (κ3) is 4.24. The Labute approximate surface area is 126 Å². The first-order chi connectivity index (χ1) is 9.37. The molecular formula is C15H27N3OS. The van der Waals surface area contributed by atoms with Gasteiger partial charge in [-0.05, 0) is 40.5 Å². The summed E-state index contributed by atoms with van der Waals surface area (Å²) in [6.45, 7) is 10.5. The second kappa shape index (κ2) is 6.50. The van der Waals surface area contributed by atoms with Crippen molar-refractivity contribution >= 4 is 11.8 Å². The van der Waals surface area contributed by atoms with E-state index in [4.69, 9.17) is 4.74 Å². The number of rotatable bonds is 5. The molecule has 1 aromatic rings. The maximum atomic E-state index is 5.71. The summed E-state index contributed by atoms with van der Waals surface area (Å²) in [5.41, 5.74) is 2.57. The Morgan fingerprint density at radius 3 is 2.80 bits per heavy atom. The Morgan fingerprint density at radius 2 is 2.20 bits per heavy atom. The van der Waals surface area contributed by atoms with Crippen molar-refractivity contribution in [3.63, 3.8) is 0 Å². The summed E-state index contributed by atoms with van der Waals surface area (Å²) in [4.78, 5) is 0. The van der Waals surface area contributed by atoms with Crippen LogP contribution in [0.1, 0.15) is 44.9 Å². The van der Waals surface area contributed by atoms with Crippen molar-refractivity contribution in [1.82, 2.24) is 15.1 Å². The SMILES string of the molecule is Cc1nn(C)c(SCC2CCCO2)c1CNC(C)(C)C. The van der Waals surface area contributed by atoms with Crippen LogP contribution in [0, 0.1) is 6.92 Å². The Kier molecular flexibility index (Phi) is 5.15. The van der Waals surface area contributed by atoms with Gasteiger partial charge in [0.15, 0.2) is 0 Å². The summed E-state index contributed by atoms with van der Waals surface area (Å²) in [5.74, 6) is 1.03. The van der Waals surface area contributed by atoms with Crippen LogP contribution in [-0.2, 0) is 18.3 Å². The van der Waals surface area contributed by atoms with Gasteiger partial charge in [-0.1, -0.05) is 0 Å². The molecule has 1 saturated heterocycles. The molecule has 20 heavy (non-hydrogen) atoms. The first-order valence-corrected chi connectivity index (χ1v) is 8.37. The van der Waals surface area contributed by atoms with E-state index in [9.17, 15) is 0 Å². The number of thioether (sulfide) groups is 1. The van der Waals surface area contributed by atoms with Gasteiger partial charge in [-0.3, -0.25) is 4.68 Å². The van der Waals surface area contributed by atoms with Crippen LogP contribution in [0.15, 0.2) is 5.03 Å². The predicted octanol–water partition coefficient (Wildman–Crippen LogP) is 2.89. The van der Waals surface area contributed by atoms with Crippen LogP contribution >= 0.6 is 11.8 Å². The lowest BCUT2D eigenvalue weighted by Crippen LogP contribution is -2.35. The molecule has 0 saturated carbocycles. The highest BCUT2D eigenvalue weighted by molar-refractivity contribution is 7.99. The minimum absolute atomic E-state index is 0.124. The molecule has 1 unspecified atom stereocenters. The van der Waals surface area contributed by atoms with E-state index >= 15 is 0 Å². The highest BCUT2D eigenvalue weighted by Gasteiger charge is 2.20. The molecule has 1 N–H and O–H groups in total. The molecule has 4 nitrogen and oxygen atoms in total. The van der Waals surface area contributed by atoms with Gasteiger partial charge >= 0.3 is 0 Å². The zero-order chi connectivity index (χ0) is 14.8. The molecule has 0 bridgehead atoms. The zero-order valence-electron chi connectivity index (χ0n) is 13.3. The van der Waals surface area contributed by atoms with E-state index in [0.717, 1.165) is 24.6 Å². The quantitative estimate of drug-likeness (QED) is 0.848. The number of aromatic nitrogens is 2. The van der Waals surface area contributed by atoms with Gasteiger partial charge in [0.05, 0.1) is 16.8 Å². The summed E-state index contributed by atoms with van der Waals surface area (Å²) in [7, 11) is 2.03. The average Bonchev–Trinajstić information content (AvgIpc) is 2.92. The third-order valence-corrected chi connectivity index (χ3v) is 4.84. The van der Waals surface area contributed by atoms with Crippen molar-refractivity contribution < 1.29 is 4.74 Å². The fourth-order valence-electron chi connectivity index (χ4n) is 2.37. The number of ether oxygens (including phenoxy) is 1. The van der Waals surface area contributed by atoms with Crippen LogP contribution < -0.4 is 5.32 Å². The molecule has 114 valence electrons. The molecule has 2 heterocycles. The summed E-state index contributed by atoms with van der Waals surface area (Å²) in [5, 5.41) is 9.41. The first kappa shape index (κ1) is 15.9. The Bertz CT molecular complexity index is 445. The lowest BCUT2D eigenvalue weighted by Gasteiger charge is -2.21. The van der Waals surface area contributed by atoms with Crippen LogP contribution in [0.25, 0.3) is 0 Å². The summed E-state index contributed by atoms with van der Waals surface area (Å²) >= 11 is 1.88. The smallest absolute Gasteiger partial charge is 0.0985 e. The van der Waals surface area contributed by atoms with Gasteiger partial charge in [0, 0.05) is 37.1 Å². The fraction of sp³-hybridized carbons (Fsp3) is 0.800. The van der Waals surface area contributed by atoms with E-state index in [-0.39, 0.29) is 5.54 Å². The highest BCUT2D eigenvalue weighted by Crippen LogP contribution is 2.28. The highest BCUT2D eigenvalue weighted by atomic mass is 32.2. The lowest BCUT2D eigenvalue weighted by atomic mass is 10.1. The molecule has 1 aliphatic rings. The van der Waals surface area contributed by atoms with Crippen LogP contribution in [0.4, 0.5) is 0 Å². The minimum Gasteiger partial charge on any atom is -0.377 e. The molecule has 1 atom stereocenters. The number of nitrogens with one attached hydrogen (secondary N) is 1. The third-order valence-electron chi connectivity index (χ3n) is 3.51. The van der Waals surface area contributed by atoms with E-state index in [2.05, 4.69) is 38.1 Å². The Balaban J connectivity index is 2.02. The van der Waals surface area contributed by atoms with Gasteiger partial charge in [0.1, 0.15) is 0 Å². The summed E-state index contributed by atoms with van der Waals surface area (Å²) in [6.07, 6.45) is 2.81. The van der Waals surface area contributed by atoms with Crippen molar-refractivity contribution in [3.05, 3.63) is 11.3 Å². The fourth-order valence-corrected chi connectivity index (χ4v) is 3.59. The molecule has 1 aliphatic heterocycles. The van der Waals surface area contributed by atoms with Crippen molar-refractivity contribution in [2.75, 3.05) is 12.4 Å². The van der Waals surface area contributed by atoms with Gasteiger partial charge in [-0.2, -0.15) is 5.10 Å². The molecule has 0 radical (unpaired) electrons. The van der Waals surface area contributed by atoms with Crippen molar-refractivity contribution in [3.8, 4) is 0 Å². The van der Waals surface area contributed by atoms with Gasteiger partial charge < -0.3 is 10.1 Å². The second-order valence-corrected chi connectivity index (χ2v) is 7.55. The molecule has 2 rings (SSSR count). The second-order valence-electron chi connectivity index (χ2n) is 6.54. The molecule has 1 aromatic heterocycles. The van der Waals surface area contributed by atoms with Gasteiger partial charge in [-0.25, -0.2) is 0 Å². The van der Waals surface area contributed by atoms with E-state index in [1.54, 1.807) is 0 Å². The molecule has 0 spiro atoms. The van der Waals surface area contributed by atoms with E-state index in [1.807, 2.05) is 23.5 Å². The maximum Gasteiger partial charge on any atom is 0.0985 e. The Morgan fingerprint density at radius 1 is 1.45 bits per heavy atom.